The third kappa shape index (κ3) is 4.47. The highest BCUT2D eigenvalue weighted by molar-refractivity contribution is 7.99. The summed E-state index contributed by atoms with van der Waals surface area (Å²) in [6, 6.07) is 16.5. The van der Waals surface area contributed by atoms with Gasteiger partial charge in [0.15, 0.2) is 0 Å². The number of hydrogen-bond acceptors (Lipinski definition) is 3. The Morgan fingerprint density at radius 1 is 1.19 bits per heavy atom. The van der Waals surface area contributed by atoms with Crippen LogP contribution in [0.5, 0.6) is 0 Å². The van der Waals surface area contributed by atoms with E-state index in [0.717, 1.165) is 30.7 Å². The van der Waals surface area contributed by atoms with Crippen molar-refractivity contribution in [3.8, 4) is 6.07 Å². The van der Waals surface area contributed by atoms with Gasteiger partial charge in [0, 0.05) is 12.3 Å². The van der Waals surface area contributed by atoms with Crippen molar-refractivity contribution in [2.24, 2.45) is 0 Å². The van der Waals surface area contributed by atoms with Crippen LogP contribution in [0.15, 0.2) is 42.5 Å². The molecular weight excluding hydrogens is 340 g/mol. The number of likely N-dealkylation sites (tertiary alicyclic amines) is 1. The van der Waals surface area contributed by atoms with E-state index in [2.05, 4.69) is 43.0 Å². The van der Waals surface area contributed by atoms with Crippen LogP contribution < -0.4 is 0 Å². The van der Waals surface area contributed by atoms with Crippen LogP contribution in [0.2, 0.25) is 0 Å². The molecule has 1 amide bonds. The number of benzene rings is 2. The Labute approximate surface area is 160 Å². The average Bonchev–Trinajstić information content (AvgIpc) is 3.11. The van der Waals surface area contributed by atoms with E-state index in [9.17, 15) is 4.79 Å². The highest BCUT2D eigenvalue weighted by Crippen LogP contribution is 2.33. The molecule has 1 unspecified atom stereocenters. The van der Waals surface area contributed by atoms with Crippen molar-refractivity contribution < 1.29 is 4.79 Å². The van der Waals surface area contributed by atoms with Crippen LogP contribution in [0.4, 0.5) is 0 Å². The van der Waals surface area contributed by atoms with Crippen molar-refractivity contribution >= 4 is 17.7 Å². The van der Waals surface area contributed by atoms with Gasteiger partial charge in [0.25, 0.3) is 0 Å². The largest absolute Gasteiger partial charge is 0.335 e. The van der Waals surface area contributed by atoms with Gasteiger partial charge >= 0.3 is 0 Å². The molecular formula is C22H24N2OS. The first-order valence-electron chi connectivity index (χ1n) is 9.01. The molecule has 1 aliphatic rings. The molecule has 1 saturated heterocycles. The summed E-state index contributed by atoms with van der Waals surface area (Å²) in [5.41, 5.74) is 5.60. The van der Waals surface area contributed by atoms with E-state index in [1.165, 1.54) is 16.7 Å². The Kier molecular flexibility index (Phi) is 6.00. The van der Waals surface area contributed by atoms with Crippen LogP contribution in [0.1, 0.15) is 46.7 Å². The van der Waals surface area contributed by atoms with Gasteiger partial charge in [0.1, 0.15) is 0 Å². The molecule has 3 nitrogen and oxygen atoms in total. The van der Waals surface area contributed by atoms with Crippen molar-refractivity contribution in [2.45, 2.75) is 38.5 Å². The van der Waals surface area contributed by atoms with Gasteiger partial charge in [0.05, 0.1) is 23.4 Å². The van der Waals surface area contributed by atoms with E-state index in [-0.39, 0.29) is 11.9 Å². The standard InChI is InChI=1S/C22H24N2OS/c1-16-10-17(2)12-20(11-16)21-4-3-9-24(21)22(25)15-26-14-19-7-5-18(13-23)6-8-19/h5-8,10-12,21H,3-4,9,14-15H2,1-2H3. The minimum Gasteiger partial charge on any atom is -0.335 e. The molecule has 0 radical (unpaired) electrons. The fraction of sp³-hybridized carbons (Fsp3) is 0.364. The topological polar surface area (TPSA) is 44.1 Å². The van der Waals surface area contributed by atoms with E-state index in [1.54, 1.807) is 11.8 Å². The molecule has 2 aromatic rings. The number of rotatable bonds is 5. The predicted octanol–water partition coefficient (Wildman–Crippen LogP) is 4.77. The maximum absolute atomic E-state index is 12.8. The highest BCUT2D eigenvalue weighted by Gasteiger charge is 2.29. The molecule has 2 aromatic carbocycles. The molecule has 1 atom stereocenters. The smallest absolute Gasteiger partial charge is 0.233 e. The highest BCUT2D eigenvalue weighted by atomic mass is 32.2. The summed E-state index contributed by atoms with van der Waals surface area (Å²) in [5.74, 6) is 1.52. The zero-order valence-electron chi connectivity index (χ0n) is 15.4. The first-order valence-corrected chi connectivity index (χ1v) is 10.2. The SMILES string of the molecule is Cc1cc(C)cc(C2CCCN2C(=O)CSCc2ccc(C#N)cc2)c1. The molecule has 3 rings (SSSR count). The van der Waals surface area contributed by atoms with E-state index in [4.69, 9.17) is 5.26 Å². The summed E-state index contributed by atoms with van der Waals surface area (Å²) in [7, 11) is 0. The predicted molar refractivity (Wildman–Crippen MR) is 107 cm³/mol. The lowest BCUT2D eigenvalue weighted by Crippen LogP contribution is -2.32. The zero-order chi connectivity index (χ0) is 18.5. The molecule has 0 spiro atoms. The Hall–Kier alpha value is -2.25. The number of nitriles is 1. The van der Waals surface area contributed by atoms with Gasteiger partial charge in [-0.2, -0.15) is 5.26 Å². The minimum absolute atomic E-state index is 0.219. The number of nitrogens with zero attached hydrogens (tertiary/aromatic N) is 2. The Balaban J connectivity index is 1.58. The third-order valence-corrected chi connectivity index (χ3v) is 5.77. The Morgan fingerprint density at radius 2 is 1.88 bits per heavy atom. The molecule has 1 fully saturated rings. The van der Waals surface area contributed by atoms with Crippen LogP contribution in [0.3, 0.4) is 0 Å². The Bertz CT molecular complexity index is 803. The van der Waals surface area contributed by atoms with E-state index >= 15 is 0 Å². The van der Waals surface area contributed by atoms with Crippen molar-refractivity contribution in [3.05, 3.63) is 70.3 Å². The number of amides is 1. The minimum atomic E-state index is 0.219. The average molecular weight is 365 g/mol. The molecule has 26 heavy (non-hydrogen) atoms. The molecule has 0 aliphatic carbocycles. The zero-order valence-corrected chi connectivity index (χ0v) is 16.2. The normalized spacial score (nSPS) is 16.5. The molecule has 134 valence electrons. The fourth-order valence-corrected chi connectivity index (χ4v) is 4.50. The van der Waals surface area contributed by atoms with Gasteiger partial charge in [0.2, 0.25) is 5.91 Å². The summed E-state index contributed by atoms with van der Waals surface area (Å²) >= 11 is 1.64. The van der Waals surface area contributed by atoms with Crippen LogP contribution in [-0.2, 0) is 10.5 Å². The summed E-state index contributed by atoms with van der Waals surface area (Å²) in [6.07, 6.45) is 2.12. The molecule has 1 aliphatic heterocycles. The van der Waals surface area contributed by atoms with Crippen molar-refractivity contribution in [3.63, 3.8) is 0 Å². The van der Waals surface area contributed by atoms with Gasteiger partial charge in [-0.25, -0.2) is 0 Å². The number of aryl methyl sites for hydroxylation is 2. The van der Waals surface area contributed by atoms with Gasteiger partial charge in [-0.15, -0.1) is 11.8 Å². The van der Waals surface area contributed by atoms with Crippen LogP contribution >= 0.6 is 11.8 Å². The number of hydrogen-bond donors (Lipinski definition) is 0. The van der Waals surface area contributed by atoms with Crippen molar-refractivity contribution in [1.29, 1.82) is 5.26 Å². The summed E-state index contributed by atoms with van der Waals surface area (Å²) in [5, 5.41) is 8.85. The van der Waals surface area contributed by atoms with Crippen molar-refractivity contribution in [2.75, 3.05) is 12.3 Å². The number of thioether (sulfide) groups is 1. The second kappa shape index (κ2) is 8.42. The van der Waals surface area contributed by atoms with Gasteiger partial charge in [-0.05, 0) is 49.9 Å². The van der Waals surface area contributed by atoms with E-state index in [0.29, 0.717) is 11.3 Å². The monoisotopic (exact) mass is 364 g/mol. The molecule has 4 heteroatoms. The van der Waals surface area contributed by atoms with E-state index in [1.807, 2.05) is 24.3 Å². The van der Waals surface area contributed by atoms with Crippen LogP contribution in [0.25, 0.3) is 0 Å². The number of carbonyl (C=O) groups is 1. The van der Waals surface area contributed by atoms with E-state index < -0.39 is 0 Å². The summed E-state index contributed by atoms with van der Waals surface area (Å²) in [4.78, 5) is 14.8. The first-order chi connectivity index (χ1) is 12.6. The lowest BCUT2D eigenvalue weighted by atomic mass is 9.99. The molecule has 0 aromatic heterocycles. The first kappa shape index (κ1) is 18.5. The molecule has 0 N–H and O–H groups in total. The van der Waals surface area contributed by atoms with Crippen LogP contribution in [0, 0.1) is 25.2 Å². The second-order valence-electron chi connectivity index (χ2n) is 6.97. The lowest BCUT2D eigenvalue weighted by Gasteiger charge is -2.25. The quantitative estimate of drug-likeness (QED) is 0.767. The second-order valence-corrected chi connectivity index (χ2v) is 7.95. The van der Waals surface area contributed by atoms with Crippen molar-refractivity contribution in [1.82, 2.24) is 4.90 Å². The Morgan fingerprint density at radius 3 is 2.54 bits per heavy atom. The third-order valence-electron chi connectivity index (χ3n) is 4.78. The fourth-order valence-electron chi connectivity index (χ4n) is 3.63. The number of carbonyl (C=O) groups excluding carboxylic acids is 1. The van der Waals surface area contributed by atoms with Crippen LogP contribution in [-0.4, -0.2) is 23.1 Å². The summed E-state index contributed by atoms with van der Waals surface area (Å²) in [6.45, 7) is 5.09. The lowest BCUT2D eigenvalue weighted by molar-refractivity contribution is -0.129. The molecule has 1 heterocycles. The van der Waals surface area contributed by atoms with Gasteiger partial charge < -0.3 is 4.90 Å². The van der Waals surface area contributed by atoms with Gasteiger partial charge in [-0.1, -0.05) is 41.5 Å². The summed E-state index contributed by atoms with van der Waals surface area (Å²) < 4.78 is 0. The van der Waals surface area contributed by atoms with Gasteiger partial charge in [-0.3, -0.25) is 4.79 Å². The maximum Gasteiger partial charge on any atom is 0.233 e. The molecule has 0 saturated carbocycles. The maximum atomic E-state index is 12.8. The molecule has 0 bridgehead atoms.